The monoisotopic (exact) mass is 493 g/mol. The van der Waals surface area contributed by atoms with Crippen molar-refractivity contribution in [2.24, 2.45) is 0 Å². The molecule has 0 N–H and O–H groups in total. The number of benzene rings is 4. The molecule has 1 heterocycles. The predicted octanol–water partition coefficient (Wildman–Crippen LogP) is 7.43. The molecule has 3 nitrogen and oxygen atoms in total. The van der Waals surface area contributed by atoms with Gasteiger partial charge in [-0.25, -0.2) is 4.39 Å². The highest BCUT2D eigenvalue weighted by Gasteiger charge is 2.35. The van der Waals surface area contributed by atoms with Gasteiger partial charge in [-0.05, 0) is 54.7 Å². The van der Waals surface area contributed by atoms with E-state index in [4.69, 9.17) is 4.74 Å². The first-order chi connectivity index (χ1) is 17.8. The van der Waals surface area contributed by atoms with Gasteiger partial charge in [0.1, 0.15) is 5.82 Å². The van der Waals surface area contributed by atoms with Crippen LogP contribution in [0.15, 0.2) is 91.0 Å². The number of halogens is 1. The van der Waals surface area contributed by atoms with Crippen LogP contribution in [0.1, 0.15) is 29.8 Å². The van der Waals surface area contributed by atoms with Gasteiger partial charge in [0.25, 0.3) is 0 Å². The van der Waals surface area contributed by atoms with Gasteiger partial charge in [-0.3, -0.25) is 9.69 Å². The van der Waals surface area contributed by atoms with Crippen LogP contribution in [-0.4, -0.2) is 42.5 Å². The normalized spacial score (nSPS) is 14.5. The summed E-state index contributed by atoms with van der Waals surface area (Å²) in [5.74, 6) is -0.127. The number of carbonyl (C=O) groups excluding carboxylic acids is 1. The second-order valence-electron chi connectivity index (χ2n) is 10.2. The lowest BCUT2D eigenvalue weighted by molar-refractivity contribution is -0.00429. The van der Waals surface area contributed by atoms with Gasteiger partial charge in [0.05, 0.1) is 18.8 Å². The lowest BCUT2D eigenvalue weighted by Crippen LogP contribution is -2.54. The van der Waals surface area contributed by atoms with Crippen LogP contribution in [0.2, 0.25) is 0 Å². The number of nitrogens with zero attached hydrogens (tertiary/aromatic N) is 1. The highest BCUT2D eigenvalue weighted by atomic mass is 19.1. The standard InChI is InChI=1S/C33H32FNO2/c1-23-4-6-26(7-5-23)29-16-17-30(31(34)22-29)27-12-8-24(9-13-27)25-10-14-28(15-11-25)32(36)33(2,3)35-18-20-37-21-19-35/h4-17,22H,18-21H2,1-3H3. The van der Waals surface area contributed by atoms with Gasteiger partial charge in [-0.2, -0.15) is 0 Å². The summed E-state index contributed by atoms with van der Waals surface area (Å²) < 4.78 is 20.5. The predicted molar refractivity (Wildman–Crippen MR) is 148 cm³/mol. The van der Waals surface area contributed by atoms with Crippen molar-refractivity contribution in [1.82, 2.24) is 4.90 Å². The highest BCUT2D eigenvalue weighted by Crippen LogP contribution is 2.31. The third kappa shape index (κ3) is 5.27. The van der Waals surface area contributed by atoms with E-state index >= 15 is 4.39 Å². The Hall–Kier alpha value is -3.60. The second kappa shape index (κ2) is 10.4. The van der Waals surface area contributed by atoms with Gasteiger partial charge in [-0.15, -0.1) is 0 Å². The van der Waals surface area contributed by atoms with Crippen LogP contribution in [-0.2, 0) is 4.74 Å². The molecule has 0 radical (unpaired) electrons. The summed E-state index contributed by atoms with van der Waals surface area (Å²) in [5, 5.41) is 0. The number of aryl methyl sites for hydroxylation is 1. The molecule has 4 heteroatoms. The number of rotatable bonds is 6. The third-order valence-corrected chi connectivity index (χ3v) is 7.39. The minimum absolute atomic E-state index is 0.112. The summed E-state index contributed by atoms with van der Waals surface area (Å²) in [7, 11) is 0. The summed E-state index contributed by atoms with van der Waals surface area (Å²) in [6.07, 6.45) is 0. The molecule has 0 aliphatic carbocycles. The molecule has 5 rings (SSSR count). The molecular formula is C33H32FNO2. The number of Topliss-reactive ketones (excluding diaryl/α,β-unsaturated/α-hetero) is 1. The van der Waals surface area contributed by atoms with Gasteiger partial charge in [-0.1, -0.05) is 90.5 Å². The molecule has 1 aliphatic rings. The SMILES string of the molecule is Cc1ccc(-c2ccc(-c3ccc(-c4ccc(C(=O)C(C)(C)N5CCOCC5)cc4)cc3)c(F)c2)cc1. The molecule has 37 heavy (non-hydrogen) atoms. The number of morpholine rings is 1. The van der Waals surface area contributed by atoms with E-state index in [0.29, 0.717) is 24.3 Å². The topological polar surface area (TPSA) is 29.5 Å². The van der Waals surface area contributed by atoms with Gasteiger partial charge in [0.15, 0.2) is 5.78 Å². The maximum Gasteiger partial charge on any atom is 0.182 e. The number of carbonyl (C=O) groups is 1. The summed E-state index contributed by atoms with van der Waals surface area (Å²) in [5.41, 5.74) is 6.61. The molecule has 188 valence electrons. The summed E-state index contributed by atoms with van der Waals surface area (Å²) in [6, 6.07) is 29.2. The first kappa shape index (κ1) is 25.1. The number of ether oxygens (including phenoxy) is 1. The van der Waals surface area contributed by atoms with Crippen molar-refractivity contribution in [3.8, 4) is 33.4 Å². The van der Waals surface area contributed by atoms with Gasteiger partial charge in [0.2, 0.25) is 0 Å². The fourth-order valence-electron chi connectivity index (χ4n) is 4.95. The minimum atomic E-state index is -0.577. The summed E-state index contributed by atoms with van der Waals surface area (Å²) in [6.45, 7) is 8.85. The van der Waals surface area contributed by atoms with Crippen molar-refractivity contribution < 1.29 is 13.9 Å². The summed E-state index contributed by atoms with van der Waals surface area (Å²) >= 11 is 0. The maximum atomic E-state index is 15.0. The minimum Gasteiger partial charge on any atom is -0.379 e. The van der Waals surface area contributed by atoms with E-state index in [0.717, 1.165) is 40.9 Å². The quantitative estimate of drug-likeness (QED) is 0.262. The average molecular weight is 494 g/mol. The van der Waals surface area contributed by atoms with E-state index in [2.05, 4.69) is 4.90 Å². The lowest BCUT2D eigenvalue weighted by Gasteiger charge is -2.39. The Morgan fingerprint density at radius 1 is 0.730 bits per heavy atom. The van der Waals surface area contributed by atoms with Crippen molar-refractivity contribution in [1.29, 1.82) is 0 Å². The van der Waals surface area contributed by atoms with Crippen molar-refractivity contribution in [2.45, 2.75) is 26.3 Å². The number of hydrogen-bond donors (Lipinski definition) is 0. The van der Waals surface area contributed by atoms with Crippen LogP contribution < -0.4 is 0 Å². The zero-order valence-electron chi connectivity index (χ0n) is 21.6. The molecule has 0 aromatic heterocycles. The molecule has 1 fully saturated rings. The molecule has 1 saturated heterocycles. The largest absolute Gasteiger partial charge is 0.379 e. The maximum absolute atomic E-state index is 15.0. The zero-order valence-corrected chi connectivity index (χ0v) is 21.6. The molecule has 0 amide bonds. The van der Waals surface area contributed by atoms with Crippen LogP contribution in [0.25, 0.3) is 33.4 Å². The Kier molecular flexibility index (Phi) is 7.05. The number of ketones is 1. The van der Waals surface area contributed by atoms with Gasteiger partial charge >= 0.3 is 0 Å². The molecule has 4 aromatic carbocycles. The van der Waals surface area contributed by atoms with Crippen LogP contribution >= 0.6 is 0 Å². The van der Waals surface area contributed by atoms with Crippen LogP contribution in [0.4, 0.5) is 4.39 Å². The lowest BCUT2D eigenvalue weighted by atomic mass is 9.90. The van der Waals surface area contributed by atoms with E-state index < -0.39 is 5.54 Å². The Morgan fingerprint density at radius 2 is 1.22 bits per heavy atom. The molecular weight excluding hydrogens is 461 g/mol. The summed E-state index contributed by atoms with van der Waals surface area (Å²) in [4.78, 5) is 15.5. The van der Waals surface area contributed by atoms with Crippen molar-refractivity contribution in [2.75, 3.05) is 26.3 Å². The second-order valence-corrected chi connectivity index (χ2v) is 10.2. The first-order valence-corrected chi connectivity index (χ1v) is 12.8. The highest BCUT2D eigenvalue weighted by molar-refractivity contribution is 6.03. The van der Waals surface area contributed by atoms with Gasteiger partial charge in [0, 0.05) is 24.2 Å². The molecule has 1 aliphatic heterocycles. The Morgan fingerprint density at radius 3 is 1.81 bits per heavy atom. The number of hydrogen-bond acceptors (Lipinski definition) is 3. The van der Waals surface area contributed by atoms with E-state index in [9.17, 15) is 4.79 Å². The third-order valence-electron chi connectivity index (χ3n) is 7.39. The fraction of sp³-hybridized carbons (Fsp3) is 0.242. The molecule has 0 saturated carbocycles. The zero-order chi connectivity index (χ0) is 26.0. The first-order valence-electron chi connectivity index (χ1n) is 12.8. The van der Waals surface area contributed by atoms with Crippen LogP contribution in [0.5, 0.6) is 0 Å². The van der Waals surface area contributed by atoms with Crippen molar-refractivity contribution in [3.05, 3.63) is 108 Å². The van der Waals surface area contributed by atoms with E-state index in [1.54, 1.807) is 6.07 Å². The Bertz CT molecular complexity index is 1380. The van der Waals surface area contributed by atoms with Crippen LogP contribution in [0, 0.1) is 12.7 Å². The molecule has 0 atom stereocenters. The molecule has 4 aromatic rings. The smallest absolute Gasteiger partial charge is 0.182 e. The molecule has 0 bridgehead atoms. The van der Waals surface area contributed by atoms with E-state index in [1.807, 2.05) is 106 Å². The molecule has 0 unspecified atom stereocenters. The average Bonchev–Trinajstić information content (AvgIpc) is 2.94. The Balaban J connectivity index is 1.32. The Labute approximate surface area is 218 Å². The van der Waals surface area contributed by atoms with Crippen molar-refractivity contribution >= 4 is 5.78 Å². The van der Waals surface area contributed by atoms with E-state index in [1.165, 1.54) is 5.56 Å². The van der Waals surface area contributed by atoms with Gasteiger partial charge < -0.3 is 4.74 Å². The molecule has 0 spiro atoms. The van der Waals surface area contributed by atoms with Crippen LogP contribution in [0.3, 0.4) is 0 Å². The van der Waals surface area contributed by atoms with E-state index in [-0.39, 0.29) is 11.6 Å². The fourth-order valence-corrected chi connectivity index (χ4v) is 4.95. The van der Waals surface area contributed by atoms with Crippen molar-refractivity contribution in [3.63, 3.8) is 0 Å².